The van der Waals surface area contributed by atoms with Crippen molar-refractivity contribution >= 4 is 15.9 Å². The van der Waals surface area contributed by atoms with Gasteiger partial charge in [0.15, 0.2) is 0 Å². The minimum absolute atomic E-state index is 0.360. The second kappa shape index (κ2) is 3.93. The molecular weight excluding hydrogens is 248 g/mol. The molecule has 0 unspecified atom stereocenters. The van der Waals surface area contributed by atoms with Crippen molar-refractivity contribution < 1.29 is 14.9 Å². The summed E-state index contributed by atoms with van der Waals surface area (Å²) in [5, 5.41) is 19.7. The molecule has 0 bridgehead atoms. The molecule has 3 atom stereocenters. The maximum Gasteiger partial charge on any atom is 0.107 e. The van der Waals surface area contributed by atoms with Gasteiger partial charge in [-0.25, -0.2) is 0 Å². The van der Waals surface area contributed by atoms with E-state index in [-0.39, 0.29) is 6.10 Å². The van der Waals surface area contributed by atoms with Crippen LogP contribution in [0.1, 0.15) is 27.2 Å². The number of hydrogen-bond acceptors (Lipinski definition) is 3. The third-order valence-electron chi connectivity index (χ3n) is 2.74. The lowest BCUT2D eigenvalue weighted by Crippen LogP contribution is -2.38. The Morgan fingerprint density at radius 2 is 2.14 bits per heavy atom. The van der Waals surface area contributed by atoms with Crippen molar-refractivity contribution in [3.05, 3.63) is 11.1 Å². The number of aliphatic hydroxyl groups excluding tert-OH is 1. The Morgan fingerprint density at radius 3 is 2.50 bits per heavy atom. The molecule has 0 amide bonds. The lowest BCUT2D eigenvalue weighted by Gasteiger charge is -2.28. The third kappa shape index (κ3) is 2.37. The summed E-state index contributed by atoms with van der Waals surface area (Å²) in [6.07, 6.45) is 1.19. The van der Waals surface area contributed by atoms with Crippen LogP contribution in [0.25, 0.3) is 0 Å². The van der Waals surface area contributed by atoms with Crippen molar-refractivity contribution in [3.8, 4) is 0 Å². The van der Waals surface area contributed by atoms with E-state index >= 15 is 0 Å². The molecule has 1 fully saturated rings. The average Bonchev–Trinajstić information content (AvgIpc) is 2.27. The smallest absolute Gasteiger partial charge is 0.107 e. The van der Waals surface area contributed by atoms with Gasteiger partial charge in [-0.15, -0.1) is 0 Å². The molecule has 1 aliphatic rings. The van der Waals surface area contributed by atoms with Gasteiger partial charge in [0, 0.05) is 6.42 Å². The van der Waals surface area contributed by atoms with E-state index in [2.05, 4.69) is 15.9 Å². The summed E-state index contributed by atoms with van der Waals surface area (Å²) in [5.74, 6) is 0. The summed E-state index contributed by atoms with van der Waals surface area (Å²) in [7, 11) is 0. The molecule has 0 aromatic heterocycles. The highest BCUT2D eigenvalue weighted by atomic mass is 79.9. The molecule has 0 saturated carbocycles. The van der Waals surface area contributed by atoms with E-state index in [4.69, 9.17) is 4.74 Å². The van der Waals surface area contributed by atoms with E-state index in [1.165, 1.54) is 0 Å². The summed E-state index contributed by atoms with van der Waals surface area (Å²) >= 11 is 3.12. The molecule has 1 heterocycles. The van der Waals surface area contributed by atoms with Crippen LogP contribution in [0, 0.1) is 0 Å². The molecule has 0 aromatic carbocycles. The number of hydrogen-bond donors (Lipinski definition) is 2. The molecular formula is C10H17BrO3. The standard InChI is InChI=1S/C10H17BrO3/c1-9(2)7(12)6-8(14-9)10(3,13)4-5-11/h4-5,7-8,12-13H,6H2,1-3H3/b5-4+/t7-,8+,10+/m0/s1. The maximum atomic E-state index is 10.0. The first-order valence-corrected chi connectivity index (χ1v) is 5.57. The number of ether oxygens (including phenoxy) is 1. The van der Waals surface area contributed by atoms with Gasteiger partial charge in [0.2, 0.25) is 0 Å². The number of halogens is 1. The zero-order valence-electron chi connectivity index (χ0n) is 8.70. The highest BCUT2D eigenvalue weighted by Crippen LogP contribution is 2.35. The summed E-state index contributed by atoms with van der Waals surface area (Å²) in [4.78, 5) is 1.61. The van der Waals surface area contributed by atoms with Crippen LogP contribution in [0.4, 0.5) is 0 Å². The van der Waals surface area contributed by atoms with Crippen LogP contribution < -0.4 is 0 Å². The topological polar surface area (TPSA) is 49.7 Å². The maximum absolute atomic E-state index is 10.0. The first-order chi connectivity index (χ1) is 6.29. The molecule has 1 saturated heterocycles. The molecule has 0 spiro atoms. The average molecular weight is 265 g/mol. The van der Waals surface area contributed by atoms with Crippen molar-refractivity contribution in [1.29, 1.82) is 0 Å². The zero-order chi connectivity index (χ0) is 11.0. The number of rotatable bonds is 2. The third-order valence-corrected chi connectivity index (χ3v) is 3.00. The van der Waals surface area contributed by atoms with Crippen LogP contribution in [0.15, 0.2) is 11.1 Å². The second-order valence-corrected chi connectivity index (χ2v) is 5.01. The monoisotopic (exact) mass is 264 g/mol. The van der Waals surface area contributed by atoms with Crippen molar-refractivity contribution in [2.45, 2.75) is 50.6 Å². The van der Waals surface area contributed by atoms with Crippen LogP contribution in [-0.4, -0.2) is 33.6 Å². The van der Waals surface area contributed by atoms with Gasteiger partial charge < -0.3 is 14.9 Å². The lowest BCUT2D eigenvalue weighted by molar-refractivity contribution is -0.109. The molecule has 1 aliphatic heterocycles. The van der Waals surface area contributed by atoms with Crippen molar-refractivity contribution in [2.24, 2.45) is 0 Å². The molecule has 1 rings (SSSR count). The van der Waals surface area contributed by atoms with Gasteiger partial charge in [0.1, 0.15) is 5.60 Å². The Balaban J connectivity index is 2.75. The predicted octanol–water partition coefficient (Wildman–Crippen LogP) is 1.57. The minimum atomic E-state index is -1.04. The van der Waals surface area contributed by atoms with Crippen LogP contribution in [-0.2, 0) is 4.74 Å². The largest absolute Gasteiger partial charge is 0.390 e. The van der Waals surface area contributed by atoms with E-state index in [0.717, 1.165) is 0 Å². The van der Waals surface area contributed by atoms with Gasteiger partial charge in [-0.2, -0.15) is 0 Å². The fourth-order valence-electron chi connectivity index (χ4n) is 1.57. The van der Waals surface area contributed by atoms with Crippen LogP contribution in [0.2, 0.25) is 0 Å². The molecule has 14 heavy (non-hydrogen) atoms. The SMILES string of the molecule is CC1(C)O[C@@H]([C@](C)(O)/C=C/Br)C[C@@H]1O. The quantitative estimate of drug-likeness (QED) is 0.796. The van der Waals surface area contributed by atoms with Crippen LogP contribution >= 0.6 is 15.9 Å². The first-order valence-electron chi connectivity index (χ1n) is 4.66. The summed E-state index contributed by atoms with van der Waals surface area (Å²) < 4.78 is 5.61. The second-order valence-electron chi connectivity index (χ2n) is 4.48. The Morgan fingerprint density at radius 1 is 1.57 bits per heavy atom. The fourth-order valence-corrected chi connectivity index (χ4v) is 2.11. The van der Waals surface area contributed by atoms with Gasteiger partial charge in [0.05, 0.1) is 17.8 Å². The van der Waals surface area contributed by atoms with Crippen molar-refractivity contribution in [2.75, 3.05) is 0 Å². The first kappa shape index (κ1) is 12.2. The summed E-state index contributed by atoms with van der Waals surface area (Å²) in [6, 6.07) is 0. The molecule has 0 radical (unpaired) electrons. The lowest BCUT2D eigenvalue weighted by atomic mass is 9.94. The van der Waals surface area contributed by atoms with Crippen molar-refractivity contribution in [1.82, 2.24) is 0 Å². The van der Waals surface area contributed by atoms with Crippen LogP contribution in [0.5, 0.6) is 0 Å². The van der Waals surface area contributed by atoms with E-state index in [0.29, 0.717) is 6.42 Å². The van der Waals surface area contributed by atoms with Crippen LogP contribution in [0.3, 0.4) is 0 Å². The normalized spacial score (nSPS) is 36.1. The van der Waals surface area contributed by atoms with Gasteiger partial charge in [0.25, 0.3) is 0 Å². The summed E-state index contributed by atoms with van der Waals surface area (Å²) in [6.45, 7) is 5.32. The zero-order valence-corrected chi connectivity index (χ0v) is 10.3. The molecule has 4 heteroatoms. The van der Waals surface area contributed by atoms with Crippen molar-refractivity contribution in [3.63, 3.8) is 0 Å². The molecule has 2 N–H and O–H groups in total. The van der Waals surface area contributed by atoms with E-state index < -0.39 is 17.3 Å². The van der Waals surface area contributed by atoms with E-state index in [1.54, 1.807) is 18.0 Å². The van der Waals surface area contributed by atoms with Gasteiger partial charge in [-0.3, -0.25) is 0 Å². The Kier molecular flexibility index (Phi) is 3.41. The highest BCUT2D eigenvalue weighted by molar-refractivity contribution is 9.11. The summed E-state index contributed by atoms with van der Waals surface area (Å²) in [5.41, 5.74) is -1.62. The van der Waals surface area contributed by atoms with Gasteiger partial charge in [-0.05, 0) is 31.8 Å². The van der Waals surface area contributed by atoms with Gasteiger partial charge >= 0.3 is 0 Å². The minimum Gasteiger partial charge on any atom is -0.390 e. The Labute approximate surface area is 92.9 Å². The number of aliphatic hydroxyl groups is 2. The molecule has 82 valence electrons. The molecule has 0 aliphatic carbocycles. The fraction of sp³-hybridized carbons (Fsp3) is 0.800. The predicted molar refractivity (Wildman–Crippen MR) is 58.3 cm³/mol. The van der Waals surface area contributed by atoms with E-state index in [1.807, 2.05) is 13.8 Å². The molecule has 0 aromatic rings. The van der Waals surface area contributed by atoms with E-state index in [9.17, 15) is 10.2 Å². The van der Waals surface area contributed by atoms with Gasteiger partial charge in [-0.1, -0.05) is 15.9 Å². The molecule has 3 nitrogen and oxygen atoms in total. The highest BCUT2D eigenvalue weighted by Gasteiger charge is 2.46. The Bertz CT molecular complexity index is 236. The Hall–Kier alpha value is 0.1000.